The average molecular weight is 304 g/mol. The van der Waals surface area contributed by atoms with Crippen LogP contribution in [0, 0.1) is 6.92 Å². The van der Waals surface area contributed by atoms with Gasteiger partial charge in [0.05, 0.1) is 18.7 Å². The predicted octanol–water partition coefficient (Wildman–Crippen LogP) is 1.34. The first-order valence-corrected chi connectivity index (χ1v) is 7.71. The lowest BCUT2D eigenvalue weighted by Crippen LogP contribution is -2.25. The van der Waals surface area contributed by atoms with Crippen molar-refractivity contribution in [3.8, 4) is 0 Å². The number of likely N-dealkylation sites (tertiary alicyclic amines) is 1. The summed E-state index contributed by atoms with van der Waals surface area (Å²) in [5, 5.41) is 11.3. The summed E-state index contributed by atoms with van der Waals surface area (Å²) in [7, 11) is 1.74. The standard InChI is InChI=1S/C14H20N6O2/c1-8-15-14(18-17-8)11-5-10(21-2)6-20(11)7-12-16-13(19-22-12)9-3-4-9/h9-11H,3-7H2,1-2H3,(H,15,17,18)/t10-,11+/m1/s1. The van der Waals surface area contributed by atoms with E-state index >= 15 is 0 Å². The molecule has 0 unspecified atom stereocenters. The summed E-state index contributed by atoms with van der Waals surface area (Å²) in [5.41, 5.74) is 0. The minimum atomic E-state index is 0.117. The number of hydrogen-bond donors (Lipinski definition) is 1. The van der Waals surface area contributed by atoms with Gasteiger partial charge in [0.2, 0.25) is 5.89 Å². The first kappa shape index (κ1) is 13.8. The van der Waals surface area contributed by atoms with Crippen molar-refractivity contribution >= 4 is 0 Å². The summed E-state index contributed by atoms with van der Waals surface area (Å²) in [6, 6.07) is 0.117. The van der Waals surface area contributed by atoms with Crippen molar-refractivity contribution in [2.75, 3.05) is 13.7 Å². The third-order valence-corrected chi connectivity index (χ3v) is 4.38. The second kappa shape index (κ2) is 5.44. The number of aryl methyl sites for hydroxylation is 1. The maximum Gasteiger partial charge on any atom is 0.240 e. The second-order valence-corrected chi connectivity index (χ2v) is 6.14. The van der Waals surface area contributed by atoms with Gasteiger partial charge < -0.3 is 9.26 Å². The highest BCUT2D eigenvalue weighted by Crippen LogP contribution is 2.38. The molecule has 0 aromatic carbocycles. The number of nitrogens with one attached hydrogen (secondary N) is 1. The van der Waals surface area contributed by atoms with Crippen molar-refractivity contribution in [1.29, 1.82) is 0 Å². The second-order valence-electron chi connectivity index (χ2n) is 6.14. The highest BCUT2D eigenvalue weighted by atomic mass is 16.5. The zero-order chi connectivity index (χ0) is 15.1. The summed E-state index contributed by atoms with van der Waals surface area (Å²) in [6.45, 7) is 3.33. The van der Waals surface area contributed by atoms with Crippen LogP contribution in [0.25, 0.3) is 0 Å². The predicted molar refractivity (Wildman–Crippen MR) is 76.0 cm³/mol. The zero-order valence-electron chi connectivity index (χ0n) is 12.8. The van der Waals surface area contributed by atoms with Gasteiger partial charge in [-0.05, 0) is 26.2 Å². The Morgan fingerprint density at radius 2 is 2.18 bits per heavy atom. The number of methoxy groups -OCH3 is 1. The van der Waals surface area contributed by atoms with Crippen LogP contribution in [-0.2, 0) is 11.3 Å². The molecule has 0 radical (unpaired) electrons. The first-order chi connectivity index (χ1) is 10.7. The van der Waals surface area contributed by atoms with E-state index in [1.165, 1.54) is 12.8 Å². The van der Waals surface area contributed by atoms with Crippen LogP contribution in [0.2, 0.25) is 0 Å². The van der Waals surface area contributed by atoms with Gasteiger partial charge in [0.25, 0.3) is 0 Å². The Kier molecular flexibility index (Phi) is 3.42. The third kappa shape index (κ3) is 2.64. The van der Waals surface area contributed by atoms with E-state index in [1.807, 2.05) is 6.92 Å². The van der Waals surface area contributed by atoms with Crippen molar-refractivity contribution in [2.24, 2.45) is 0 Å². The van der Waals surface area contributed by atoms with Crippen LogP contribution in [0.3, 0.4) is 0 Å². The molecule has 118 valence electrons. The fourth-order valence-electron chi connectivity index (χ4n) is 3.00. The van der Waals surface area contributed by atoms with Crippen LogP contribution in [0.5, 0.6) is 0 Å². The summed E-state index contributed by atoms with van der Waals surface area (Å²) >= 11 is 0. The van der Waals surface area contributed by atoms with Crippen LogP contribution >= 0.6 is 0 Å². The van der Waals surface area contributed by atoms with E-state index in [0.29, 0.717) is 18.4 Å². The van der Waals surface area contributed by atoms with Crippen LogP contribution in [0.4, 0.5) is 0 Å². The number of hydrogen-bond acceptors (Lipinski definition) is 7. The van der Waals surface area contributed by atoms with Gasteiger partial charge in [-0.25, -0.2) is 4.98 Å². The van der Waals surface area contributed by atoms with Crippen LogP contribution in [-0.4, -0.2) is 50.0 Å². The van der Waals surface area contributed by atoms with E-state index in [-0.39, 0.29) is 12.1 Å². The van der Waals surface area contributed by atoms with E-state index in [2.05, 4.69) is 30.2 Å². The van der Waals surface area contributed by atoms with Gasteiger partial charge in [-0.2, -0.15) is 10.1 Å². The van der Waals surface area contributed by atoms with Gasteiger partial charge in [-0.15, -0.1) is 0 Å². The molecule has 8 nitrogen and oxygen atoms in total. The Balaban J connectivity index is 1.51. The molecule has 0 bridgehead atoms. The van der Waals surface area contributed by atoms with Gasteiger partial charge >= 0.3 is 0 Å². The van der Waals surface area contributed by atoms with Crippen LogP contribution < -0.4 is 0 Å². The Labute approximate surface area is 128 Å². The smallest absolute Gasteiger partial charge is 0.240 e. The van der Waals surface area contributed by atoms with Gasteiger partial charge in [-0.3, -0.25) is 10.00 Å². The van der Waals surface area contributed by atoms with Gasteiger partial charge in [0, 0.05) is 19.6 Å². The molecule has 2 aromatic rings. The van der Waals surface area contributed by atoms with Crippen LogP contribution in [0.1, 0.15) is 54.6 Å². The molecular weight excluding hydrogens is 284 g/mol. The minimum absolute atomic E-state index is 0.117. The number of H-pyrrole nitrogens is 1. The fraction of sp³-hybridized carbons (Fsp3) is 0.714. The summed E-state index contributed by atoms with van der Waals surface area (Å²) in [6.07, 6.45) is 3.40. The molecule has 1 N–H and O–H groups in total. The van der Waals surface area contributed by atoms with Crippen molar-refractivity contribution in [3.05, 3.63) is 23.4 Å². The largest absolute Gasteiger partial charge is 0.380 e. The number of aromatic amines is 1. The molecular formula is C14H20N6O2. The Bertz CT molecular complexity index is 649. The lowest BCUT2D eigenvalue weighted by molar-refractivity contribution is 0.105. The zero-order valence-corrected chi connectivity index (χ0v) is 12.8. The van der Waals surface area contributed by atoms with Gasteiger partial charge in [-0.1, -0.05) is 5.16 Å². The fourth-order valence-corrected chi connectivity index (χ4v) is 3.00. The van der Waals surface area contributed by atoms with Gasteiger partial charge in [0.15, 0.2) is 11.6 Å². The molecule has 1 aliphatic carbocycles. The topological polar surface area (TPSA) is 93.0 Å². The maximum atomic E-state index is 5.52. The molecule has 3 heterocycles. The Morgan fingerprint density at radius 3 is 2.86 bits per heavy atom. The average Bonchev–Trinajstić information content (AvgIpc) is 2.94. The lowest BCUT2D eigenvalue weighted by Gasteiger charge is -2.19. The molecule has 1 saturated heterocycles. The monoisotopic (exact) mass is 304 g/mol. The lowest BCUT2D eigenvalue weighted by atomic mass is 10.2. The molecule has 22 heavy (non-hydrogen) atoms. The quantitative estimate of drug-likeness (QED) is 0.890. The van der Waals surface area contributed by atoms with Crippen LogP contribution in [0.15, 0.2) is 4.52 Å². The third-order valence-electron chi connectivity index (χ3n) is 4.38. The van der Waals surface area contributed by atoms with Crippen molar-refractivity contribution in [1.82, 2.24) is 30.2 Å². The van der Waals surface area contributed by atoms with E-state index in [4.69, 9.17) is 9.26 Å². The van der Waals surface area contributed by atoms with Crippen molar-refractivity contribution in [2.45, 2.75) is 50.8 Å². The van der Waals surface area contributed by atoms with Gasteiger partial charge in [0.1, 0.15) is 5.82 Å². The Morgan fingerprint density at radius 1 is 1.32 bits per heavy atom. The maximum absolute atomic E-state index is 5.52. The van der Waals surface area contributed by atoms with E-state index in [9.17, 15) is 0 Å². The van der Waals surface area contributed by atoms with Crippen molar-refractivity contribution in [3.63, 3.8) is 0 Å². The molecule has 0 spiro atoms. The molecule has 8 heteroatoms. The molecule has 1 aliphatic heterocycles. The van der Waals surface area contributed by atoms with Crippen molar-refractivity contribution < 1.29 is 9.26 Å². The molecule has 2 aromatic heterocycles. The highest BCUT2D eigenvalue weighted by Gasteiger charge is 2.37. The molecule has 2 fully saturated rings. The molecule has 0 amide bonds. The number of aromatic nitrogens is 5. The summed E-state index contributed by atoms with van der Waals surface area (Å²) < 4.78 is 10.9. The summed E-state index contributed by atoms with van der Waals surface area (Å²) in [5.74, 6) is 3.65. The highest BCUT2D eigenvalue weighted by molar-refractivity contribution is 5.05. The number of nitrogens with zero attached hydrogens (tertiary/aromatic N) is 5. The van der Waals surface area contributed by atoms with E-state index in [0.717, 1.165) is 30.4 Å². The normalized spacial score (nSPS) is 25.9. The first-order valence-electron chi connectivity index (χ1n) is 7.71. The molecule has 1 saturated carbocycles. The molecule has 2 aliphatic rings. The van der Waals surface area contributed by atoms with E-state index < -0.39 is 0 Å². The molecule has 2 atom stereocenters. The number of rotatable bonds is 5. The van der Waals surface area contributed by atoms with E-state index in [1.54, 1.807) is 7.11 Å². The minimum Gasteiger partial charge on any atom is -0.380 e. The Hall–Kier alpha value is -1.80. The number of ether oxygens (including phenoxy) is 1. The molecule has 4 rings (SSSR count). The summed E-state index contributed by atoms with van der Waals surface area (Å²) in [4.78, 5) is 11.2. The SMILES string of the molecule is CO[C@@H]1C[C@@H](c2n[nH]c(C)n2)N(Cc2nc(C3CC3)no2)C1.